The molecule has 0 N–H and O–H groups in total. The number of benzene rings is 1. The molecule has 0 aromatic heterocycles. The summed E-state index contributed by atoms with van der Waals surface area (Å²) in [4.78, 5) is 0.745. The first-order valence-electron chi connectivity index (χ1n) is 6.04. The third-order valence-corrected chi connectivity index (χ3v) is 3.92. The van der Waals surface area contributed by atoms with Crippen LogP contribution in [0.5, 0.6) is 0 Å². The molecule has 0 amide bonds. The van der Waals surface area contributed by atoms with Crippen molar-refractivity contribution < 1.29 is 13.7 Å². The minimum atomic E-state index is -1.07. The zero-order chi connectivity index (χ0) is 13.4. The van der Waals surface area contributed by atoms with Gasteiger partial charge in [-0.05, 0) is 32.0 Å². The standard InChI is InChI=1S/C13H19ClO3S/c1-3-16-13(17-4-2)8-9-18(15)12-7-5-6-11(14)10-12/h5-7,10,13H,3-4,8-9H2,1-2H3. The summed E-state index contributed by atoms with van der Waals surface area (Å²) >= 11 is 5.87. The zero-order valence-electron chi connectivity index (χ0n) is 10.7. The van der Waals surface area contributed by atoms with Crippen LogP contribution in [0.2, 0.25) is 5.02 Å². The number of ether oxygens (including phenoxy) is 2. The molecule has 1 rings (SSSR count). The Kier molecular flexibility index (Phi) is 7.51. The van der Waals surface area contributed by atoms with Gasteiger partial charge in [0, 0.05) is 35.3 Å². The highest BCUT2D eigenvalue weighted by Crippen LogP contribution is 2.15. The molecule has 1 atom stereocenters. The van der Waals surface area contributed by atoms with Gasteiger partial charge >= 0.3 is 0 Å². The zero-order valence-corrected chi connectivity index (χ0v) is 12.3. The van der Waals surface area contributed by atoms with Gasteiger partial charge in [0.25, 0.3) is 0 Å². The Morgan fingerprint density at radius 2 is 1.94 bits per heavy atom. The van der Waals surface area contributed by atoms with Gasteiger partial charge in [-0.2, -0.15) is 0 Å². The molecule has 1 aromatic carbocycles. The van der Waals surface area contributed by atoms with E-state index in [9.17, 15) is 4.21 Å². The fourth-order valence-electron chi connectivity index (χ4n) is 1.52. The van der Waals surface area contributed by atoms with Gasteiger partial charge in [0.05, 0.1) is 10.8 Å². The lowest BCUT2D eigenvalue weighted by Crippen LogP contribution is -2.20. The molecule has 3 nitrogen and oxygen atoms in total. The number of hydrogen-bond donors (Lipinski definition) is 0. The highest BCUT2D eigenvalue weighted by atomic mass is 35.5. The van der Waals surface area contributed by atoms with Gasteiger partial charge < -0.3 is 9.47 Å². The number of rotatable bonds is 8. The second kappa shape index (κ2) is 8.64. The Labute approximate surface area is 116 Å². The van der Waals surface area contributed by atoms with Crippen molar-refractivity contribution in [1.82, 2.24) is 0 Å². The van der Waals surface area contributed by atoms with E-state index in [1.807, 2.05) is 19.9 Å². The van der Waals surface area contributed by atoms with E-state index < -0.39 is 10.8 Å². The molecule has 0 fully saturated rings. The van der Waals surface area contributed by atoms with Crippen LogP contribution >= 0.6 is 11.6 Å². The maximum absolute atomic E-state index is 12.1. The molecule has 1 aromatic rings. The second-order valence-corrected chi connectivity index (χ2v) is 5.64. The predicted octanol–water partition coefficient (Wildman–Crippen LogP) is 3.24. The molecule has 0 aliphatic rings. The summed E-state index contributed by atoms with van der Waals surface area (Å²) in [5.41, 5.74) is 0. The first-order chi connectivity index (χ1) is 8.67. The van der Waals surface area contributed by atoms with Crippen LogP contribution in [0.15, 0.2) is 29.2 Å². The van der Waals surface area contributed by atoms with Gasteiger partial charge in [-0.15, -0.1) is 0 Å². The van der Waals surface area contributed by atoms with Crippen LogP contribution in [0.25, 0.3) is 0 Å². The molecule has 0 saturated heterocycles. The maximum Gasteiger partial charge on any atom is 0.158 e. The molecule has 18 heavy (non-hydrogen) atoms. The number of hydrogen-bond acceptors (Lipinski definition) is 3. The topological polar surface area (TPSA) is 35.5 Å². The lowest BCUT2D eigenvalue weighted by Gasteiger charge is -2.16. The fraction of sp³-hybridized carbons (Fsp3) is 0.538. The molecular weight excluding hydrogens is 272 g/mol. The van der Waals surface area contributed by atoms with E-state index in [-0.39, 0.29) is 6.29 Å². The summed E-state index contributed by atoms with van der Waals surface area (Å²) < 4.78 is 22.9. The van der Waals surface area contributed by atoms with E-state index in [0.29, 0.717) is 30.4 Å². The monoisotopic (exact) mass is 290 g/mol. The van der Waals surface area contributed by atoms with Gasteiger partial charge in [0.1, 0.15) is 0 Å². The molecule has 102 valence electrons. The van der Waals surface area contributed by atoms with E-state index in [0.717, 1.165) is 4.90 Å². The summed E-state index contributed by atoms with van der Waals surface area (Å²) in [6, 6.07) is 7.12. The van der Waals surface area contributed by atoms with Crippen molar-refractivity contribution in [3.05, 3.63) is 29.3 Å². The Balaban J connectivity index is 2.49. The van der Waals surface area contributed by atoms with Crippen LogP contribution in [0.4, 0.5) is 0 Å². The fourth-order valence-corrected chi connectivity index (χ4v) is 2.90. The van der Waals surface area contributed by atoms with E-state index in [1.54, 1.807) is 18.2 Å². The molecule has 5 heteroatoms. The lowest BCUT2D eigenvalue weighted by molar-refractivity contribution is -0.136. The van der Waals surface area contributed by atoms with Gasteiger partial charge in [-0.1, -0.05) is 17.7 Å². The van der Waals surface area contributed by atoms with Crippen LogP contribution in [0.3, 0.4) is 0 Å². The van der Waals surface area contributed by atoms with Crippen LogP contribution in [-0.4, -0.2) is 29.5 Å². The molecule has 0 aliphatic carbocycles. The largest absolute Gasteiger partial charge is 0.353 e. The van der Waals surface area contributed by atoms with Gasteiger partial charge in [0.15, 0.2) is 6.29 Å². The third kappa shape index (κ3) is 5.48. The molecule has 0 aliphatic heterocycles. The molecule has 0 bridgehead atoms. The first kappa shape index (κ1) is 15.6. The van der Waals surface area contributed by atoms with Crippen LogP contribution < -0.4 is 0 Å². The Bertz CT molecular complexity index is 378. The SMILES string of the molecule is CCOC(CCS(=O)c1cccc(Cl)c1)OCC. The highest BCUT2D eigenvalue weighted by Gasteiger charge is 2.11. The number of halogens is 1. The van der Waals surface area contributed by atoms with Gasteiger partial charge in [-0.25, -0.2) is 0 Å². The molecule has 0 saturated carbocycles. The molecule has 1 unspecified atom stereocenters. The summed E-state index contributed by atoms with van der Waals surface area (Å²) in [7, 11) is -1.07. The highest BCUT2D eigenvalue weighted by molar-refractivity contribution is 7.85. The van der Waals surface area contributed by atoms with Crippen LogP contribution in [0, 0.1) is 0 Å². The Morgan fingerprint density at radius 3 is 2.50 bits per heavy atom. The van der Waals surface area contributed by atoms with E-state index >= 15 is 0 Å². The van der Waals surface area contributed by atoms with Crippen molar-refractivity contribution in [3.63, 3.8) is 0 Å². The van der Waals surface area contributed by atoms with Crippen molar-refractivity contribution in [1.29, 1.82) is 0 Å². The average molecular weight is 291 g/mol. The summed E-state index contributed by atoms with van der Waals surface area (Å²) in [5.74, 6) is 0.505. The van der Waals surface area contributed by atoms with Crippen molar-refractivity contribution >= 4 is 22.4 Å². The lowest BCUT2D eigenvalue weighted by atomic mass is 10.4. The molecule has 0 heterocycles. The Hall–Kier alpha value is -0.420. The van der Waals surface area contributed by atoms with E-state index in [1.165, 1.54) is 0 Å². The third-order valence-electron chi connectivity index (χ3n) is 2.30. The van der Waals surface area contributed by atoms with E-state index in [4.69, 9.17) is 21.1 Å². The molecule has 0 spiro atoms. The quantitative estimate of drug-likeness (QED) is 0.690. The van der Waals surface area contributed by atoms with Crippen LogP contribution in [0.1, 0.15) is 20.3 Å². The smallest absolute Gasteiger partial charge is 0.158 e. The van der Waals surface area contributed by atoms with Gasteiger partial charge in [-0.3, -0.25) is 4.21 Å². The minimum Gasteiger partial charge on any atom is -0.353 e. The molecule has 0 radical (unpaired) electrons. The Morgan fingerprint density at radius 1 is 1.28 bits per heavy atom. The van der Waals surface area contributed by atoms with Crippen LogP contribution in [-0.2, 0) is 20.3 Å². The molecular formula is C13H19ClO3S. The summed E-state index contributed by atoms with van der Waals surface area (Å²) in [6.07, 6.45) is 0.337. The van der Waals surface area contributed by atoms with E-state index in [2.05, 4.69) is 0 Å². The second-order valence-electron chi connectivity index (χ2n) is 3.64. The maximum atomic E-state index is 12.1. The normalized spacial score (nSPS) is 12.9. The van der Waals surface area contributed by atoms with Crippen molar-refractivity contribution in [2.45, 2.75) is 31.5 Å². The first-order valence-corrected chi connectivity index (χ1v) is 7.74. The average Bonchev–Trinajstić information content (AvgIpc) is 2.36. The van der Waals surface area contributed by atoms with Crippen molar-refractivity contribution in [3.8, 4) is 0 Å². The van der Waals surface area contributed by atoms with Crippen molar-refractivity contribution in [2.75, 3.05) is 19.0 Å². The van der Waals surface area contributed by atoms with Crippen molar-refractivity contribution in [2.24, 2.45) is 0 Å². The van der Waals surface area contributed by atoms with Gasteiger partial charge in [0.2, 0.25) is 0 Å². The minimum absolute atomic E-state index is 0.275. The predicted molar refractivity (Wildman–Crippen MR) is 74.4 cm³/mol. The summed E-state index contributed by atoms with van der Waals surface area (Å²) in [6.45, 7) is 5.02. The summed E-state index contributed by atoms with van der Waals surface area (Å²) in [5, 5.41) is 0.604.